The van der Waals surface area contributed by atoms with Crippen molar-refractivity contribution in [2.75, 3.05) is 6.61 Å². The van der Waals surface area contributed by atoms with Gasteiger partial charge in [0.2, 0.25) is 0 Å². The second-order valence-corrected chi connectivity index (χ2v) is 3.88. The van der Waals surface area contributed by atoms with Crippen molar-refractivity contribution < 1.29 is 9.53 Å². The van der Waals surface area contributed by atoms with Crippen molar-refractivity contribution in [1.29, 1.82) is 0 Å². The molecule has 2 nitrogen and oxygen atoms in total. The quantitative estimate of drug-likeness (QED) is 0.551. The van der Waals surface area contributed by atoms with Crippen LogP contribution in [0.1, 0.15) is 25.3 Å². The van der Waals surface area contributed by atoms with Crippen LogP contribution in [0.5, 0.6) is 0 Å². The highest BCUT2D eigenvalue weighted by Crippen LogP contribution is 2.21. The van der Waals surface area contributed by atoms with E-state index in [0.717, 1.165) is 16.7 Å². The van der Waals surface area contributed by atoms with Crippen LogP contribution in [0.15, 0.2) is 49.1 Å². The van der Waals surface area contributed by atoms with Crippen molar-refractivity contribution >= 4 is 11.5 Å². The van der Waals surface area contributed by atoms with E-state index in [2.05, 4.69) is 13.2 Å². The Labute approximate surface area is 103 Å². The Morgan fingerprint density at radius 2 is 1.82 bits per heavy atom. The molecule has 0 fully saturated rings. The van der Waals surface area contributed by atoms with Gasteiger partial charge in [0.25, 0.3) is 0 Å². The summed E-state index contributed by atoms with van der Waals surface area (Å²) in [4.78, 5) is 11.3. The molecule has 0 unspecified atom stereocenters. The highest BCUT2D eigenvalue weighted by atomic mass is 16.5. The fraction of sp³-hybridized carbons (Fsp3) is 0.267. The van der Waals surface area contributed by atoms with E-state index in [1.165, 1.54) is 0 Å². The minimum absolute atomic E-state index is 0.224. The van der Waals surface area contributed by atoms with E-state index in [1.807, 2.05) is 30.3 Å². The maximum absolute atomic E-state index is 11.3. The third-order valence-electron chi connectivity index (χ3n) is 2.35. The fourth-order valence-corrected chi connectivity index (χ4v) is 1.56. The van der Waals surface area contributed by atoms with Crippen LogP contribution in [0.4, 0.5) is 0 Å². The van der Waals surface area contributed by atoms with Crippen molar-refractivity contribution in [3.8, 4) is 0 Å². The molecule has 0 aliphatic heterocycles. The minimum Gasteiger partial charge on any atom is -0.466 e. The molecule has 0 saturated heterocycles. The number of ether oxygens (including phenoxy) is 1. The molecular formula is C15H18O2. The van der Waals surface area contributed by atoms with Gasteiger partial charge in [0.15, 0.2) is 0 Å². The molecule has 0 heterocycles. The first-order chi connectivity index (χ1) is 8.13. The zero-order chi connectivity index (χ0) is 12.7. The fourth-order valence-electron chi connectivity index (χ4n) is 1.56. The van der Waals surface area contributed by atoms with Crippen LogP contribution in [-0.2, 0) is 9.53 Å². The van der Waals surface area contributed by atoms with E-state index < -0.39 is 0 Å². The zero-order valence-electron chi connectivity index (χ0n) is 10.2. The second-order valence-electron chi connectivity index (χ2n) is 3.88. The molecule has 1 aromatic rings. The molecule has 0 saturated carbocycles. The van der Waals surface area contributed by atoms with E-state index in [1.54, 1.807) is 6.92 Å². The predicted molar refractivity (Wildman–Crippen MR) is 70.5 cm³/mol. The normalized spacial score (nSPS) is 9.71. The highest BCUT2D eigenvalue weighted by Gasteiger charge is 2.07. The lowest BCUT2D eigenvalue weighted by Crippen LogP contribution is -2.04. The standard InChI is InChI=1S/C15H18O2/c1-4-17-15(16)11-12(2)10-13(3)14-8-6-5-7-9-14/h5-9H,2-4,10-11H2,1H3. The summed E-state index contributed by atoms with van der Waals surface area (Å²) in [5.74, 6) is -0.224. The van der Waals surface area contributed by atoms with Crippen LogP contribution < -0.4 is 0 Å². The Bertz CT molecular complexity index is 404. The Kier molecular flexibility index (Phi) is 5.21. The van der Waals surface area contributed by atoms with Gasteiger partial charge in [-0.1, -0.05) is 49.1 Å². The lowest BCUT2D eigenvalue weighted by molar-refractivity contribution is -0.142. The predicted octanol–water partition coefficient (Wildman–Crippen LogP) is 3.60. The lowest BCUT2D eigenvalue weighted by atomic mass is 9.99. The first kappa shape index (κ1) is 13.2. The summed E-state index contributed by atoms with van der Waals surface area (Å²) >= 11 is 0. The van der Waals surface area contributed by atoms with Crippen LogP contribution in [0, 0.1) is 0 Å². The van der Waals surface area contributed by atoms with Gasteiger partial charge in [-0.15, -0.1) is 0 Å². The molecule has 0 atom stereocenters. The molecule has 90 valence electrons. The van der Waals surface area contributed by atoms with Gasteiger partial charge < -0.3 is 4.74 Å². The summed E-state index contributed by atoms with van der Waals surface area (Å²) in [6.07, 6.45) is 0.891. The Morgan fingerprint density at radius 3 is 2.41 bits per heavy atom. The number of carbonyl (C=O) groups is 1. The molecule has 0 spiro atoms. The lowest BCUT2D eigenvalue weighted by Gasteiger charge is -2.08. The highest BCUT2D eigenvalue weighted by molar-refractivity contribution is 5.74. The van der Waals surface area contributed by atoms with Crippen molar-refractivity contribution in [3.63, 3.8) is 0 Å². The van der Waals surface area contributed by atoms with Crippen LogP contribution >= 0.6 is 0 Å². The SMILES string of the molecule is C=C(CC(=C)c1ccccc1)CC(=O)OCC. The summed E-state index contributed by atoms with van der Waals surface area (Å²) < 4.78 is 4.87. The molecule has 1 rings (SSSR count). The van der Waals surface area contributed by atoms with Gasteiger partial charge in [0, 0.05) is 0 Å². The second kappa shape index (κ2) is 6.69. The van der Waals surface area contributed by atoms with E-state index in [4.69, 9.17) is 4.74 Å². The molecule has 2 heteroatoms. The molecule has 0 aliphatic carbocycles. The van der Waals surface area contributed by atoms with Crippen LogP contribution in [0.2, 0.25) is 0 Å². The van der Waals surface area contributed by atoms with Crippen LogP contribution in [0.25, 0.3) is 5.57 Å². The van der Waals surface area contributed by atoms with Gasteiger partial charge in [0.05, 0.1) is 13.0 Å². The zero-order valence-corrected chi connectivity index (χ0v) is 10.2. The van der Waals surface area contributed by atoms with E-state index in [-0.39, 0.29) is 12.4 Å². The van der Waals surface area contributed by atoms with Crippen molar-refractivity contribution in [1.82, 2.24) is 0 Å². The van der Waals surface area contributed by atoms with E-state index in [0.29, 0.717) is 13.0 Å². The van der Waals surface area contributed by atoms with Gasteiger partial charge in [-0.25, -0.2) is 0 Å². The Morgan fingerprint density at radius 1 is 1.18 bits per heavy atom. The van der Waals surface area contributed by atoms with Gasteiger partial charge in [-0.2, -0.15) is 0 Å². The molecule has 1 aromatic carbocycles. The monoisotopic (exact) mass is 230 g/mol. The summed E-state index contributed by atoms with van der Waals surface area (Å²) in [7, 11) is 0. The number of carbonyl (C=O) groups excluding carboxylic acids is 1. The number of hydrogen-bond donors (Lipinski definition) is 0. The molecule has 0 aromatic heterocycles. The van der Waals surface area contributed by atoms with Crippen LogP contribution in [0.3, 0.4) is 0 Å². The van der Waals surface area contributed by atoms with E-state index >= 15 is 0 Å². The minimum atomic E-state index is -0.224. The molecule has 0 aliphatic rings. The molecule has 0 N–H and O–H groups in total. The smallest absolute Gasteiger partial charge is 0.309 e. The Hall–Kier alpha value is -1.83. The maximum atomic E-state index is 11.3. The third-order valence-corrected chi connectivity index (χ3v) is 2.35. The first-order valence-corrected chi connectivity index (χ1v) is 5.69. The molecule has 17 heavy (non-hydrogen) atoms. The van der Waals surface area contributed by atoms with Gasteiger partial charge in [0.1, 0.15) is 0 Å². The Balaban J connectivity index is 2.47. The van der Waals surface area contributed by atoms with Crippen LogP contribution in [-0.4, -0.2) is 12.6 Å². The van der Waals surface area contributed by atoms with Crippen molar-refractivity contribution in [2.24, 2.45) is 0 Å². The third kappa shape index (κ3) is 4.68. The molecule has 0 radical (unpaired) electrons. The average Bonchev–Trinajstić information content (AvgIpc) is 2.30. The van der Waals surface area contributed by atoms with Crippen molar-refractivity contribution in [2.45, 2.75) is 19.8 Å². The van der Waals surface area contributed by atoms with Gasteiger partial charge in [-0.05, 0) is 24.5 Å². The van der Waals surface area contributed by atoms with Crippen molar-refractivity contribution in [3.05, 3.63) is 54.6 Å². The largest absolute Gasteiger partial charge is 0.466 e. The molecule has 0 amide bonds. The number of esters is 1. The summed E-state index contributed by atoms with van der Waals surface area (Å²) in [5, 5.41) is 0. The number of benzene rings is 1. The summed E-state index contributed by atoms with van der Waals surface area (Å²) in [6, 6.07) is 9.90. The van der Waals surface area contributed by atoms with Gasteiger partial charge in [-0.3, -0.25) is 4.79 Å². The first-order valence-electron chi connectivity index (χ1n) is 5.69. The maximum Gasteiger partial charge on any atom is 0.309 e. The molecule has 0 bridgehead atoms. The topological polar surface area (TPSA) is 26.3 Å². The van der Waals surface area contributed by atoms with E-state index in [9.17, 15) is 4.79 Å². The summed E-state index contributed by atoms with van der Waals surface area (Å²) in [5.41, 5.74) is 2.88. The number of hydrogen-bond acceptors (Lipinski definition) is 2. The average molecular weight is 230 g/mol. The summed E-state index contributed by atoms with van der Waals surface area (Å²) in [6.45, 7) is 10.1. The number of rotatable bonds is 6. The number of allylic oxidation sites excluding steroid dienone is 1. The van der Waals surface area contributed by atoms with Gasteiger partial charge >= 0.3 is 5.97 Å². The molecular weight excluding hydrogens is 212 g/mol.